The number of phosphoric acid groups is 1. The Kier molecular flexibility index (Phi) is 6.40. The van der Waals surface area contributed by atoms with E-state index in [1.807, 2.05) is 12.1 Å². The largest absolute Gasteiger partial charge is 0.529 e. The van der Waals surface area contributed by atoms with Crippen LogP contribution in [0, 0.1) is 11.8 Å². The van der Waals surface area contributed by atoms with Gasteiger partial charge in [-0.1, -0.05) is 12.1 Å². The van der Waals surface area contributed by atoms with Crippen molar-refractivity contribution < 1.29 is 27.7 Å². The van der Waals surface area contributed by atoms with Crippen LogP contribution < -0.4 is 0 Å². The summed E-state index contributed by atoms with van der Waals surface area (Å²) >= 11 is 0. The van der Waals surface area contributed by atoms with Gasteiger partial charge in [0.1, 0.15) is 5.76 Å². The average molecular weight is 394 g/mol. The van der Waals surface area contributed by atoms with Crippen LogP contribution in [0.5, 0.6) is 0 Å². The topological polar surface area (TPSA) is 71.1 Å². The molecule has 2 aliphatic rings. The van der Waals surface area contributed by atoms with E-state index in [0.29, 0.717) is 18.1 Å². The lowest BCUT2D eigenvalue weighted by atomic mass is 9.91. The van der Waals surface area contributed by atoms with Gasteiger partial charge in [0.15, 0.2) is 0 Å². The van der Waals surface area contributed by atoms with E-state index in [1.165, 1.54) is 0 Å². The molecule has 0 amide bonds. The summed E-state index contributed by atoms with van der Waals surface area (Å²) in [7, 11) is -3.62. The second kappa shape index (κ2) is 8.59. The van der Waals surface area contributed by atoms with Gasteiger partial charge in [-0.05, 0) is 63.6 Å². The van der Waals surface area contributed by atoms with Crippen LogP contribution in [0.15, 0.2) is 30.0 Å². The van der Waals surface area contributed by atoms with E-state index in [0.717, 1.165) is 36.2 Å². The number of phosphoric ester groups is 1. The Bertz CT molecular complexity index is 744. The van der Waals surface area contributed by atoms with E-state index in [-0.39, 0.29) is 25.1 Å². The molecule has 1 saturated carbocycles. The van der Waals surface area contributed by atoms with Crippen molar-refractivity contribution in [2.75, 3.05) is 19.8 Å². The highest BCUT2D eigenvalue weighted by Gasteiger charge is 2.44. The molecule has 3 rings (SSSR count). The standard InChI is InChI=1S/C20H27O6P/c1-4-23-20(21)15-9-7-14(8-10-15)18-16-11-12-17(13-16)19(18)26-27(22,24-5-2)25-6-3/h7-10,16-17H,4-6,11-13H2,1-3H3/t16-,17+/m0/s1. The molecule has 2 atom stereocenters. The Balaban J connectivity index is 1.91. The second-order valence-corrected chi connectivity index (χ2v) is 8.25. The first-order valence-electron chi connectivity index (χ1n) is 9.61. The lowest BCUT2D eigenvalue weighted by Gasteiger charge is -2.24. The Hall–Kier alpha value is -1.62. The summed E-state index contributed by atoms with van der Waals surface area (Å²) in [6.07, 6.45) is 3.09. The van der Waals surface area contributed by atoms with Gasteiger partial charge in [-0.25, -0.2) is 9.36 Å². The summed E-state index contributed by atoms with van der Waals surface area (Å²) in [5, 5.41) is 0. The number of ether oxygens (including phenoxy) is 1. The van der Waals surface area contributed by atoms with Crippen molar-refractivity contribution in [1.29, 1.82) is 0 Å². The van der Waals surface area contributed by atoms with Crippen LogP contribution in [0.3, 0.4) is 0 Å². The molecule has 0 saturated heterocycles. The molecule has 0 radical (unpaired) electrons. The quantitative estimate of drug-likeness (QED) is 0.423. The van der Waals surface area contributed by atoms with Gasteiger partial charge in [-0.15, -0.1) is 0 Å². The molecule has 0 unspecified atom stereocenters. The molecule has 0 spiro atoms. The maximum atomic E-state index is 12.9. The summed E-state index contributed by atoms with van der Waals surface area (Å²) in [6, 6.07) is 7.32. The van der Waals surface area contributed by atoms with Gasteiger partial charge >= 0.3 is 13.8 Å². The van der Waals surface area contributed by atoms with Gasteiger partial charge < -0.3 is 9.26 Å². The van der Waals surface area contributed by atoms with Crippen molar-refractivity contribution in [1.82, 2.24) is 0 Å². The summed E-state index contributed by atoms with van der Waals surface area (Å²) in [5.74, 6) is 0.999. The summed E-state index contributed by atoms with van der Waals surface area (Å²) in [6.45, 7) is 6.16. The van der Waals surface area contributed by atoms with Crippen LogP contribution in [0.2, 0.25) is 0 Å². The minimum atomic E-state index is -3.62. The maximum absolute atomic E-state index is 12.9. The lowest BCUT2D eigenvalue weighted by Crippen LogP contribution is -2.09. The van der Waals surface area contributed by atoms with Crippen LogP contribution in [0.4, 0.5) is 0 Å². The van der Waals surface area contributed by atoms with Crippen molar-refractivity contribution in [2.24, 2.45) is 11.8 Å². The third-order valence-corrected chi connectivity index (χ3v) is 6.54. The minimum absolute atomic E-state index is 0.240. The zero-order chi connectivity index (χ0) is 19.4. The van der Waals surface area contributed by atoms with Gasteiger partial charge in [0.2, 0.25) is 0 Å². The van der Waals surface area contributed by atoms with Crippen LogP contribution in [-0.2, 0) is 22.9 Å². The highest BCUT2D eigenvalue weighted by Crippen LogP contribution is 2.60. The summed E-state index contributed by atoms with van der Waals surface area (Å²) in [5.41, 5.74) is 2.55. The monoisotopic (exact) mass is 394 g/mol. The number of esters is 1. The Morgan fingerprint density at radius 2 is 1.63 bits per heavy atom. The van der Waals surface area contributed by atoms with Crippen molar-refractivity contribution in [3.05, 3.63) is 41.2 Å². The zero-order valence-corrected chi connectivity index (χ0v) is 17.0. The molecule has 0 N–H and O–H groups in total. The molecule has 2 bridgehead atoms. The fraction of sp³-hybridized carbons (Fsp3) is 0.550. The fourth-order valence-electron chi connectivity index (χ4n) is 3.93. The molecular formula is C20H27O6P. The summed E-state index contributed by atoms with van der Waals surface area (Å²) in [4.78, 5) is 11.9. The summed E-state index contributed by atoms with van der Waals surface area (Å²) < 4.78 is 34.4. The Morgan fingerprint density at radius 3 is 2.22 bits per heavy atom. The predicted octanol–water partition coefficient (Wildman–Crippen LogP) is 5.20. The highest BCUT2D eigenvalue weighted by atomic mass is 31.2. The molecule has 7 heteroatoms. The molecule has 27 heavy (non-hydrogen) atoms. The number of fused-ring (bicyclic) bond motifs is 2. The molecule has 1 aromatic rings. The molecule has 2 aliphatic carbocycles. The smallest absolute Gasteiger partial charge is 0.462 e. The Morgan fingerprint density at radius 1 is 1.00 bits per heavy atom. The van der Waals surface area contributed by atoms with Gasteiger partial charge in [-0.3, -0.25) is 9.05 Å². The molecular weight excluding hydrogens is 367 g/mol. The predicted molar refractivity (Wildman–Crippen MR) is 102 cm³/mol. The van der Waals surface area contributed by atoms with E-state index < -0.39 is 7.82 Å². The lowest BCUT2D eigenvalue weighted by molar-refractivity contribution is 0.0526. The van der Waals surface area contributed by atoms with Crippen LogP contribution in [-0.4, -0.2) is 25.8 Å². The van der Waals surface area contributed by atoms with E-state index in [9.17, 15) is 9.36 Å². The molecule has 0 heterocycles. The average Bonchev–Trinajstić information content (AvgIpc) is 3.24. The number of hydrogen-bond donors (Lipinski definition) is 0. The van der Waals surface area contributed by atoms with Gasteiger partial charge in [-0.2, -0.15) is 0 Å². The fourth-order valence-corrected chi connectivity index (χ4v) is 5.23. The van der Waals surface area contributed by atoms with Crippen LogP contribution in [0.1, 0.15) is 56.0 Å². The number of carbonyl (C=O) groups excluding carboxylic acids is 1. The van der Waals surface area contributed by atoms with Gasteiger partial charge in [0.25, 0.3) is 0 Å². The van der Waals surface area contributed by atoms with Crippen molar-refractivity contribution >= 4 is 19.4 Å². The number of allylic oxidation sites excluding steroid dienone is 2. The molecule has 148 valence electrons. The minimum Gasteiger partial charge on any atom is -0.462 e. The first-order valence-corrected chi connectivity index (χ1v) is 11.1. The third-order valence-electron chi connectivity index (χ3n) is 4.97. The van der Waals surface area contributed by atoms with Crippen LogP contribution >= 0.6 is 7.82 Å². The van der Waals surface area contributed by atoms with E-state index in [4.69, 9.17) is 18.3 Å². The highest BCUT2D eigenvalue weighted by molar-refractivity contribution is 7.48. The number of hydrogen-bond acceptors (Lipinski definition) is 6. The van der Waals surface area contributed by atoms with Gasteiger partial charge in [0, 0.05) is 11.5 Å². The molecule has 6 nitrogen and oxygen atoms in total. The van der Waals surface area contributed by atoms with Crippen molar-refractivity contribution in [2.45, 2.75) is 40.0 Å². The van der Waals surface area contributed by atoms with Crippen molar-refractivity contribution in [3.8, 4) is 0 Å². The number of benzene rings is 1. The maximum Gasteiger partial charge on any atom is 0.529 e. The molecule has 1 fully saturated rings. The Labute approximate surface area is 160 Å². The normalized spacial score (nSPS) is 21.6. The first kappa shape index (κ1) is 20.1. The van der Waals surface area contributed by atoms with E-state index in [2.05, 4.69) is 0 Å². The molecule has 0 aromatic heterocycles. The third kappa shape index (κ3) is 4.29. The molecule has 1 aromatic carbocycles. The van der Waals surface area contributed by atoms with Gasteiger partial charge in [0.05, 0.1) is 25.4 Å². The van der Waals surface area contributed by atoms with E-state index in [1.54, 1.807) is 32.9 Å². The number of rotatable bonds is 9. The molecule has 0 aliphatic heterocycles. The van der Waals surface area contributed by atoms with Crippen molar-refractivity contribution in [3.63, 3.8) is 0 Å². The zero-order valence-electron chi connectivity index (χ0n) is 16.1. The SMILES string of the molecule is CCOC(=O)c1ccc(C2=C(OP(=O)(OCC)OCC)[C@@H]3CC[C@H]2C3)cc1. The van der Waals surface area contributed by atoms with E-state index >= 15 is 0 Å². The van der Waals surface area contributed by atoms with Crippen LogP contribution in [0.25, 0.3) is 5.57 Å². The first-order chi connectivity index (χ1) is 13.0. The second-order valence-electron chi connectivity index (χ2n) is 6.66. The number of carbonyl (C=O) groups is 1.